The van der Waals surface area contributed by atoms with Crippen molar-refractivity contribution in [1.82, 2.24) is 4.57 Å². The fourth-order valence-corrected chi connectivity index (χ4v) is 4.18. The Morgan fingerprint density at radius 1 is 1.19 bits per heavy atom. The van der Waals surface area contributed by atoms with Gasteiger partial charge < -0.3 is 9.30 Å². The number of carbonyl (C=O) groups excluding carboxylic acids is 1. The van der Waals surface area contributed by atoms with E-state index in [2.05, 4.69) is 23.4 Å². The highest BCUT2D eigenvalue weighted by Crippen LogP contribution is 2.27. The maximum atomic E-state index is 12.7. The van der Waals surface area contributed by atoms with Gasteiger partial charge in [0.1, 0.15) is 5.75 Å². The molecule has 1 amide bonds. The lowest BCUT2D eigenvalue weighted by Gasteiger charge is -2.08. The molecule has 0 fully saturated rings. The molecular weight excluding hydrogens is 380 g/mol. The molecule has 1 aromatic heterocycles. The molecule has 0 spiro atoms. The first-order valence-electron chi connectivity index (χ1n) is 8.78. The molecule has 0 aliphatic carbocycles. The lowest BCUT2D eigenvalue weighted by molar-refractivity contribution is 0.0997. The van der Waals surface area contributed by atoms with Gasteiger partial charge in [0.2, 0.25) is 0 Å². The van der Waals surface area contributed by atoms with Crippen LogP contribution in [0, 0.1) is 0 Å². The molecule has 140 valence electrons. The molecular formula is C21H21ClN2O2S. The number of benzene rings is 2. The van der Waals surface area contributed by atoms with E-state index < -0.39 is 0 Å². The van der Waals surface area contributed by atoms with E-state index in [9.17, 15) is 4.79 Å². The van der Waals surface area contributed by atoms with Gasteiger partial charge in [-0.2, -0.15) is 4.99 Å². The summed E-state index contributed by atoms with van der Waals surface area (Å²) in [5.74, 6) is 0.365. The third-order valence-electron chi connectivity index (χ3n) is 4.25. The van der Waals surface area contributed by atoms with Crippen LogP contribution in [0.4, 0.5) is 0 Å². The standard InChI is InChI=1S/C21H21ClN2O2S/c1-4-18-19(14-9-11-16(22)12-10-14)24(5-2)21(27-18)23-20(25)15-7-6-8-17(13-15)26-3/h6-13H,4-5H2,1-3H3. The zero-order chi connectivity index (χ0) is 19.4. The van der Waals surface area contributed by atoms with Crippen LogP contribution in [0.1, 0.15) is 29.1 Å². The summed E-state index contributed by atoms with van der Waals surface area (Å²) in [7, 11) is 1.58. The summed E-state index contributed by atoms with van der Waals surface area (Å²) in [6.45, 7) is 4.89. The molecule has 4 nitrogen and oxygen atoms in total. The minimum absolute atomic E-state index is 0.275. The lowest BCUT2D eigenvalue weighted by atomic mass is 10.1. The highest BCUT2D eigenvalue weighted by Gasteiger charge is 2.15. The van der Waals surface area contributed by atoms with E-state index in [1.807, 2.05) is 30.3 Å². The van der Waals surface area contributed by atoms with E-state index in [-0.39, 0.29) is 5.91 Å². The number of hydrogen-bond donors (Lipinski definition) is 0. The van der Waals surface area contributed by atoms with Crippen LogP contribution in [0.2, 0.25) is 5.02 Å². The number of carbonyl (C=O) groups is 1. The third kappa shape index (κ3) is 4.15. The van der Waals surface area contributed by atoms with Crippen molar-refractivity contribution in [3.8, 4) is 17.0 Å². The number of aromatic nitrogens is 1. The van der Waals surface area contributed by atoms with E-state index in [1.54, 1.807) is 36.6 Å². The predicted octanol–water partition coefficient (Wildman–Crippen LogP) is 5.20. The van der Waals surface area contributed by atoms with E-state index in [0.29, 0.717) is 21.1 Å². The van der Waals surface area contributed by atoms with Gasteiger partial charge in [0.05, 0.1) is 12.8 Å². The van der Waals surface area contributed by atoms with Gasteiger partial charge in [0, 0.05) is 22.0 Å². The van der Waals surface area contributed by atoms with Crippen molar-refractivity contribution >= 4 is 28.8 Å². The summed E-state index contributed by atoms with van der Waals surface area (Å²) in [5.41, 5.74) is 2.68. The monoisotopic (exact) mass is 400 g/mol. The second kappa shape index (κ2) is 8.55. The van der Waals surface area contributed by atoms with Crippen LogP contribution in [-0.4, -0.2) is 17.6 Å². The van der Waals surface area contributed by atoms with Crippen LogP contribution < -0.4 is 9.54 Å². The molecule has 0 N–H and O–H groups in total. The maximum absolute atomic E-state index is 12.7. The molecule has 0 aliphatic heterocycles. The molecule has 6 heteroatoms. The van der Waals surface area contributed by atoms with E-state index >= 15 is 0 Å². The van der Waals surface area contributed by atoms with Crippen LogP contribution >= 0.6 is 22.9 Å². The van der Waals surface area contributed by atoms with Crippen molar-refractivity contribution in [2.45, 2.75) is 26.8 Å². The average molecular weight is 401 g/mol. The first-order valence-corrected chi connectivity index (χ1v) is 9.98. The van der Waals surface area contributed by atoms with Crippen molar-refractivity contribution < 1.29 is 9.53 Å². The normalized spacial score (nSPS) is 11.6. The Morgan fingerprint density at radius 3 is 2.56 bits per heavy atom. The van der Waals surface area contributed by atoms with Gasteiger partial charge in [-0.05, 0) is 49.2 Å². The van der Waals surface area contributed by atoms with Crippen LogP contribution in [0.5, 0.6) is 5.75 Å². The molecule has 2 aromatic carbocycles. The molecule has 1 heterocycles. The fourth-order valence-electron chi connectivity index (χ4n) is 2.91. The van der Waals surface area contributed by atoms with Gasteiger partial charge in [-0.15, -0.1) is 11.3 Å². The quantitative estimate of drug-likeness (QED) is 0.590. The zero-order valence-electron chi connectivity index (χ0n) is 15.5. The summed E-state index contributed by atoms with van der Waals surface area (Å²) in [6.07, 6.45) is 0.867. The number of nitrogens with zero attached hydrogens (tertiary/aromatic N) is 2. The van der Waals surface area contributed by atoms with Crippen molar-refractivity contribution in [3.63, 3.8) is 0 Å². The first-order chi connectivity index (χ1) is 13.1. The number of methoxy groups -OCH3 is 1. The van der Waals surface area contributed by atoms with E-state index in [0.717, 1.165) is 24.2 Å². The SMILES string of the molecule is CCc1sc(=NC(=O)c2cccc(OC)c2)n(CC)c1-c1ccc(Cl)cc1. The van der Waals surface area contributed by atoms with Gasteiger partial charge >= 0.3 is 0 Å². The molecule has 0 radical (unpaired) electrons. The van der Waals surface area contributed by atoms with Crippen LogP contribution in [0.15, 0.2) is 53.5 Å². The summed E-state index contributed by atoms with van der Waals surface area (Å²) in [6, 6.07) is 14.8. The molecule has 0 saturated heterocycles. The van der Waals surface area contributed by atoms with Gasteiger partial charge in [0.25, 0.3) is 5.91 Å². The Bertz CT molecular complexity index is 1020. The summed E-state index contributed by atoms with van der Waals surface area (Å²) >= 11 is 7.59. The van der Waals surface area contributed by atoms with Gasteiger partial charge in [0.15, 0.2) is 4.80 Å². The predicted molar refractivity (Wildman–Crippen MR) is 111 cm³/mol. The summed E-state index contributed by atoms with van der Waals surface area (Å²) in [5, 5.41) is 0.702. The van der Waals surface area contributed by atoms with Crippen molar-refractivity contribution in [3.05, 3.63) is 68.8 Å². The molecule has 27 heavy (non-hydrogen) atoms. The fraction of sp³-hybridized carbons (Fsp3) is 0.238. The number of aryl methyl sites for hydroxylation is 1. The van der Waals surface area contributed by atoms with Gasteiger partial charge in [-0.25, -0.2) is 0 Å². The Morgan fingerprint density at radius 2 is 1.93 bits per heavy atom. The van der Waals surface area contributed by atoms with E-state index in [1.165, 1.54) is 4.88 Å². The summed E-state index contributed by atoms with van der Waals surface area (Å²) < 4.78 is 7.29. The maximum Gasteiger partial charge on any atom is 0.279 e. The summed E-state index contributed by atoms with van der Waals surface area (Å²) in [4.78, 5) is 19.0. The number of thiazole rings is 1. The van der Waals surface area contributed by atoms with Crippen LogP contribution in [0.25, 0.3) is 11.3 Å². The Labute approximate surface area is 167 Å². The second-order valence-corrected chi connectivity index (χ2v) is 7.41. The number of amides is 1. The zero-order valence-corrected chi connectivity index (χ0v) is 17.1. The molecule has 0 atom stereocenters. The number of rotatable bonds is 5. The molecule has 3 rings (SSSR count). The minimum atomic E-state index is -0.275. The topological polar surface area (TPSA) is 43.6 Å². The van der Waals surface area contributed by atoms with Crippen molar-refractivity contribution in [1.29, 1.82) is 0 Å². The minimum Gasteiger partial charge on any atom is -0.497 e. The van der Waals surface area contributed by atoms with Gasteiger partial charge in [-0.3, -0.25) is 4.79 Å². The molecule has 0 saturated carbocycles. The van der Waals surface area contributed by atoms with Crippen LogP contribution in [0.3, 0.4) is 0 Å². The van der Waals surface area contributed by atoms with E-state index in [4.69, 9.17) is 16.3 Å². The van der Waals surface area contributed by atoms with Crippen molar-refractivity contribution in [2.75, 3.05) is 7.11 Å². The van der Waals surface area contributed by atoms with Gasteiger partial charge in [-0.1, -0.05) is 36.7 Å². The third-order valence-corrected chi connectivity index (χ3v) is 5.72. The molecule has 0 aliphatic rings. The Kier molecular flexibility index (Phi) is 6.14. The Balaban J connectivity index is 2.11. The smallest absolute Gasteiger partial charge is 0.279 e. The highest BCUT2D eigenvalue weighted by atomic mass is 35.5. The van der Waals surface area contributed by atoms with Crippen LogP contribution in [-0.2, 0) is 13.0 Å². The number of halogens is 1. The molecule has 3 aromatic rings. The number of ether oxygens (including phenoxy) is 1. The largest absolute Gasteiger partial charge is 0.497 e. The number of hydrogen-bond acceptors (Lipinski definition) is 3. The highest BCUT2D eigenvalue weighted by molar-refractivity contribution is 7.09. The average Bonchev–Trinajstić information content (AvgIpc) is 3.05. The lowest BCUT2D eigenvalue weighted by Crippen LogP contribution is -2.17. The first kappa shape index (κ1) is 19.4. The Hall–Kier alpha value is -2.37. The second-order valence-electron chi connectivity index (χ2n) is 5.91. The molecule has 0 bridgehead atoms. The van der Waals surface area contributed by atoms with Crippen molar-refractivity contribution in [2.24, 2.45) is 4.99 Å². The molecule has 0 unspecified atom stereocenters.